The molecule has 0 bridgehead atoms. The van der Waals surface area contributed by atoms with Crippen LogP contribution in [0.4, 0.5) is 5.69 Å². The van der Waals surface area contributed by atoms with Crippen LogP contribution >= 0.6 is 11.6 Å². The summed E-state index contributed by atoms with van der Waals surface area (Å²) in [5, 5.41) is 3.41. The van der Waals surface area contributed by atoms with E-state index >= 15 is 0 Å². The minimum atomic E-state index is -0.249. The standard InChI is InChI=1S/C24H23ClN2O3/c1-16(28)13-19-5-2-3-8-22(19)27-24(29)20-7-4-6-17(14-20)18-9-10-21(25)23(15-18)30-12-11-26/h2-10,14-15H,11-13,26H2,1H3,(H,27,29). The SMILES string of the molecule is CC(=O)Cc1ccccc1NC(=O)c1cccc(-c2ccc(Cl)c(OCCN)c2)c1. The van der Waals surface area contributed by atoms with Gasteiger partial charge in [-0.05, 0) is 53.9 Å². The van der Waals surface area contributed by atoms with Crippen molar-refractivity contribution in [3.05, 3.63) is 82.9 Å². The van der Waals surface area contributed by atoms with E-state index in [0.717, 1.165) is 16.7 Å². The van der Waals surface area contributed by atoms with Crippen molar-refractivity contribution in [2.75, 3.05) is 18.5 Å². The highest BCUT2D eigenvalue weighted by molar-refractivity contribution is 6.32. The number of hydrogen-bond acceptors (Lipinski definition) is 4. The lowest BCUT2D eigenvalue weighted by Gasteiger charge is -2.12. The maximum atomic E-state index is 12.8. The molecule has 3 aromatic carbocycles. The number of amides is 1. The van der Waals surface area contributed by atoms with Gasteiger partial charge < -0.3 is 15.8 Å². The fourth-order valence-electron chi connectivity index (χ4n) is 3.06. The Morgan fingerprint density at radius 2 is 1.77 bits per heavy atom. The summed E-state index contributed by atoms with van der Waals surface area (Å²) >= 11 is 6.19. The second-order valence-corrected chi connectivity index (χ2v) is 7.26. The molecule has 6 heteroatoms. The Hall–Kier alpha value is -3.15. The molecule has 0 fully saturated rings. The molecule has 0 saturated carbocycles. The fraction of sp³-hybridized carbons (Fsp3) is 0.167. The molecule has 3 rings (SSSR count). The number of carbonyl (C=O) groups excluding carboxylic acids is 2. The summed E-state index contributed by atoms with van der Waals surface area (Å²) in [4.78, 5) is 24.3. The van der Waals surface area contributed by atoms with Gasteiger partial charge in [-0.1, -0.05) is 48.0 Å². The molecule has 0 saturated heterocycles. The lowest BCUT2D eigenvalue weighted by molar-refractivity contribution is -0.116. The lowest BCUT2D eigenvalue weighted by atomic mass is 10.0. The second-order valence-electron chi connectivity index (χ2n) is 6.85. The number of Topliss-reactive ketones (excluding diaryl/α,β-unsaturated/α-hetero) is 1. The van der Waals surface area contributed by atoms with Crippen LogP contribution in [0.5, 0.6) is 5.75 Å². The summed E-state index contributed by atoms with van der Waals surface area (Å²) in [7, 11) is 0. The van der Waals surface area contributed by atoms with Crippen LogP contribution in [0, 0.1) is 0 Å². The van der Waals surface area contributed by atoms with Crippen LogP contribution in [0.25, 0.3) is 11.1 Å². The molecule has 0 spiro atoms. The van der Waals surface area contributed by atoms with E-state index < -0.39 is 0 Å². The molecule has 0 aliphatic carbocycles. The second kappa shape index (κ2) is 10.1. The molecule has 0 aromatic heterocycles. The van der Waals surface area contributed by atoms with E-state index in [1.165, 1.54) is 6.92 Å². The van der Waals surface area contributed by atoms with E-state index in [0.29, 0.717) is 35.2 Å². The highest BCUT2D eigenvalue weighted by Crippen LogP contribution is 2.31. The minimum Gasteiger partial charge on any atom is -0.491 e. The van der Waals surface area contributed by atoms with Crippen molar-refractivity contribution in [3.8, 4) is 16.9 Å². The summed E-state index contributed by atoms with van der Waals surface area (Å²) in [6.45, 7) is 2.28. The first kappa shape index (κ1) is 21.6. The third-order valence-corrected chi connectivity index (χ3v) is 4.78. The zero-order chi connectivity index (χ0) is 21.5. The van der Waals surface area contributed by atoms with Crippen LogP contribution in [0.2, 0.25) is 5.02 Å². The first-order chi connectivity index (χ1) is 14.5. The molecule has 0 atom stereocenters. The van der Waals surface area contributed by atoms with Gasteiger partial charge in [-0.15, -0.1) is 0 Å². The first-order valence-corrected chi connectivity index (χ1v) is 9.97. The van der Waals surface area contributed by atoms with Gasteiger partial charge in [0.1, 0.15) is 18.1 Å². The third-order valence-electron chi connectivity index (χ3n) is 4.47. The number of ketones is 1. The maximum absolute atomic E-state index is 12.8. The Bertz CT molecular complexity index is 1070. The zero-order valence-corrected chi connectivity index (χ0v) is 17.4. The Labute approximate surface area is 180 Å². The Balaban J connectivity index is 1.84. The lowest BCUT2D eigenvalue weighted by Crippen LogP contribution is -2.14. The number of carbonyl (C=O) groups is 2. The van der Waals surface area contributed by atoms with Gasteiger partial charge in [-0.2, -0.15) is 0 Å². The number of halogens is 1. The zero-order valence-electron chi connectivity index (χ0n) is 16.7. The van der Waals surface area contributed by atoms with Gasteiger partial charge in [0.25, 0.3) is 5.91 Å². The van der Waals surface area contributed by atoms with Gasteiger partial charge >= 0.3 is 0 Å². The number of ether oxygens (including phenoxy) is 1. The topological polar surface area (TPSA) is 81.4 Å². The monoisotopic (exact) mass is 422 g/mol. The molecule has 1 amide bonds. The van der Waals surface area contributed by atoms with Crippen molar-refractivity contribution in [2.24, 2.45) is 5.73 Å². The summed E-state index contributed by atoms with van der Waals surface area (Å²) in [5.41, 5.74) is 9.15. The van der Waals surface area contributed by atoms with Crippen LogP contribution in [0.1, 0.15) is 22.8 Å². The number of nitrogens with one attached hydrogen (secondary N) is 1. The van der Waals surface area contributed by atoms with Crippen LogP contribution in [-0.2, 0) is 11.2 Å². The van der Waals surface area contributed by atoms with Gasteiger partial charge in [0.05, 0.1) is 5.02 Å². The molecular formula is C24H23ClN2O3. The van der Waals surface area contributed by atoms with Gasteiger partial charge in [-0.3, -0.25) is 9.59 Å². The molecule has 5 nitrogen and oxygen atoms in total. The number of hydrogen-bond donors (Lipinski definition) is 2. The van der Waals surface area contributed by atoms with E-state index in [-0.39, 0.29) is 18.1 Å². The molecular weight excluding hydrogens is 400 g/mol. The highest BCUT2D eigenvalue weighted by atomic mass is 35.5. The van der Waals surface area contributed by atoms with Crippen LogP contribution in [0.15, 0.2) is 66.7 Å². The molecule has 0 heterocycles. The van der Waals surface area contributed by atoms with Crippen LogP contribution in [0.3, 0.4) is 0 Å². The highest BCUT2D eigenvalue weighted by Gasteiger charge is 2.12. The maximum Gasteiger partial charge on any atom is 0.255 e. The molecule has 0 radical (unpaired) electrons. The van der Waals surface area contributed by atoms with Crippen LogP contribution in [-0.4, -0.2) is 24.8 Å². The van der Waals surface area contributed by atoms with Crippen molar-refractivity contribution in [3.63, 3.8) is 0 Å². The molecule has 0 aliphatic heterocycles. The number of para-hydroxylation sites is 1. The number of anilines is 1. The summed E-state index contributed by atoms with van der Waals surface area (Å²) in [5.74, 6) is 0.336. The molecule has 3 aromatic rings. The van der Waals surface area contributed by atoms with Crippen molar-refractivity contribution >= 4 is 29.0 Å². The first-order valence-electron chi connectivity index (χ1n) is 9.59. The van der Waals surface area contributed by atoms with Crippen molar-refractivity contribution in [1.29, 1.82) is 0 Å². The third kappa shape index (κ3) is 5.47. The normalized spacial score (nSPS) is 10.5. The molecule has 0 unspecified atom stereocenters. The van der Waals surface area contributed by atoms with E-state index in [1.807, 2.05) is 42.5 Å². The predicted molar refractivity (Wildman–Crippen MR) is 120 cm³/mol. The van der Waals surface area contributed by atoms with E-state index in [4.69, 9.17) is 22.1 Å². The summed E-state index contributed by atoms with van der Waals surface area (Å²) in [6, 6.07) is 20.0. The number of rotatable bonds is 8. The fourth-order valence-corrected chi connectivity index (χ4v) is 3.23. The molecule has 0 aliphatic rings. The van der Waals surface area contributed by atoms with Crippen LogP contribution < -0.4 is 15.8 Å². The number of benzene rings is 3. The van der Waals surface area contributed by atoms with Gasteiger partial charge in [-0.25, -0.2) is 0 Å². The summed E-state index contributed by atoms with van der Waals surface area (Å²) < 4.78 is 5.59. The van der Waals surface area contributed by atoms with Crippen molar-refractivity contribution in [2.45, 2.75) is 13.3 Å². The average molecular weight is 423 g/mol. The molecule has 154 valence electrons. The van der Waals surface area contributed by atoms with E-state index in [2.05, 4.69) is 5.32 Å². The van der Waals surface area contributed by atoms with E-state index in [1.54, 1.807) is 24.3 Å². The minimum absolute atomic E-state index is 0.0362. The quantitative estimate of drug-likeness (QED) is 0.550. The van der Waals surface area contributed by atoms with E-state index in [9.17, 15) is 9.59 Å². The number of nitrogens with two attached hydrogens (primary N) is 1. The van der Waals surface area contributed by atoms with Gasteiger partial charge in [0.2, 0.25) is 0 Å². The Morgan fingerprint density at radius 3 is 2.53 bits per heavy atom. The van der Waals surface area contributed by atoms with Crippen molar-refractivity contribution in [1.82, 2.24) is 0 Å². The largest absolute Gasteiger partial charge is 0.491 e. The molecule has 30 heavy (non-hydrogen) atoms. The smallest absolute Gasteiger partial charge is 0.255 e. The summed E-state index contributed by atoms with van der Waals surface area (Å²) in [6.07, 6.45) is 0.271. The Kier molecular flexibility index (Phi) is 7.22. The Morgan fingerprint density at radius 1 is 1.00 bits per heavy atom. The predicted octanol–water partition coefficient (Wildman–Crippen LogP) is 4.73. The average Bonchev–Trinajstić information content (AvgIpc) is 2.74. The van der Waals surface area contributed by atoms with Crippen molar-refractivity contribution < 1.29 is 14.3 Å². The molecule has 3 N–H and O–H groups in total. The van der Waals surface area contributed by atoms with Gasteiger partial charge in [0.15, 0.2) is 0 Å². The van der Waals surface area contributed by atoms with Gasteiger partial charge in [0, 0.05) is 24.2 Å².